The number of nitrogens with one attached hydrogen (secondary N) is 3. The molecule has 0 saturated carbocycles. The summed E-state index contributed by atoms with van der Waals surface area (Å²) in [5, 5.41) is 18.7. The van der Waals surface area contributed by atoms with Crippen LogP contribution in [0.4, 0.5) is 17.6 Å². The Bertz CT molecular complexity index is 1340. The van der Waals surface area contributed by atoms with E-state index in [0.29, 0.717) is 5.95 Å². The van der Waals surface area contributed by atoms with Crippen LogP contribution in [0.1, 0.15) is 48.9 Å². The molecule has 4 aromatic rings. The Balaban J connectivity index is 1.33. The molecule has 2 atom stereocenters. The van der Waals surface area contributed by atoms with Crippen molar-refractivity contribution in [3.63, 3.8) is 0 Å². The van der Waals surface area contributed by atoms with Crippen molar-refractivity contribution in [1.82, 2.24) is 40.5 Å². The van der Waals surface area contributed by atoms with Crippen molar-refractivity contribution in [1.29, 1.82) is 0 Å². The van der Waals surface area contributed by atoms with Gasteiger partial charge in [-0.25, -0.2) is 4.98 Å². The third-order valence-corrected chi connectivity index (χ3v) is 7.17. The van der Waals surface area contributed by atoms with Gasteiger partial charge in [-0.15, -0.1) is 0 Å². The first-order valence-corrected chi connectivity index (χ1v) is 12.9. The number of H-pyrrole nitrogens is 1. The number of hydrogen-bond acceptors (Lipinski definition) is 10. The van der Waals surface area contributed by atoms with Gasteiger partial charge in [-0.1, -0.05) is 18.1 Å². The first-order valence-electron chi connectivity index (χ1n) is 12.9. The third kappa shape index (κ3) is 4.79. The summed E-state index contributed by atoms with van der Waals surface area (Å²) in [6.07, 6.45) is 5.70. The molecule has 0 bridgehead atoms. The van der Waals surface area contributed by atoms with Crippen LogP contribution >= 0.6 is 0 Å². The van der Waals surface area contributed by atoms with E-state index < -0.39 is 0 Å². The highest BCUT2D eigenvalue weighted by Crippen LogP contribution is 2.37. The summed E-state index contributed by atoms with van der Waals surface area (Å²) in [7, 11) is 0. The van der Waals surface area contributed by atoms with E-state index in [4.69, 9.17) is 14.5 Å². The van der Waals surface area contributed by atoms with E-state index in [1.165, 1.54) is 0 Å². The normalized spacial score (nSPS) is 20.4. The standard InChI is InChI=1S/C26H32N10O/c1-3-35-12-10-27-16-22(35)18-15-29-26(31-25(18)30-24-13-17(2)32-33-24)36-11-6-8-21(36)23-14-20(34-37-23)19-7-4-5-9-28-19/h4-5,7,9,13-15,21-22,27H,3,6,8,10-12,16H2,1-2H3,(H2,29,30,31,32,33). The lowest BCUT2D eigenvalue weighted by Gasteiger charge is -2.36. The summed E-state index contributed by atoms with van der Waals surface area (Å²) in [5.41, 5.74) is 3.58. The molecule has 0 amide bonds. The lowest BCUT2D eigenvalue weighted by atomic mass is 10.1. The van der Waals surface area contributed by atoms with E-state index in [9.17, 15) is 0 Å². The van der Waals surface area contributed by atoms with Crippen molar-refractivity contribution in [2.75, 3.05) is 42.9 Å². The molecule has 6 heterocycles. The zero-order valence-electron chi connectivity index (χ0n) is 21.2. The van der Waals surface area contributed by atoms with Gasteiger partial charge in [0.2, 0.25) is 5.95 Å². The number of piperazine rings is 1. The van der Waals surface area contributed by atoms with Crippen LogP contribution in [0.5, 0.6) is 0 Å². The average Bonchev–Trinajstić information content (AvgIpc) is 3.70. The Hall–Kier alpha value is -3.83. The predicted molar refractivity (Wildman–Crippen MR) is 141 cm³/mol. The zero-order chi connectivity index (χ0) is 25.2. The number of likely N-dealkylation sites (N-methyl/N-ethyl adjacent to an activating group) is 1. The molecule has 3 N–H and O–H groups in total. The number of anilines is 3. The Labute approximate surface area is 215 Å². The minimum atomic E-state index is 0.0137. The van der Waals surface area contributed by atoms with Crippen LogP contribution < -0.4 is 15.5 Å². The molecule has 0 radical (unpaired) electrons. The van der Waals surface area contributed by atoms with Crippen LogP contribution in [0.25, 0.3) is 11.4 Å². The summed E-state index contributed by atoms with van der Waals surface area (Å²) < 4.78 is 5.80. The fraction of sp³-hybridized carbons (Fsp3) is 0.423. The molecular formula is C26H32N10O. The summed E-state index contributed by atoms with van der Waals surface area (Å²) >= 11 is 0. The number of hydrogen-bond donors (Lipinski definition) is 3. The van der Waals surface area contributed by atoms with Gasteiger partial charge in [-0.2, -0.15) is 10.1 Å². The third-order valence-electron chi connectivity index (χ3n) is 7.17. The SMILES string of the molecule is CCN1CCNCC1c1cnc(N2CCCC2c2cc(-c3ccccn3)no2)nc1Nc1cc(C)[nH]n1. The highest BCUT2D eigenvalue weighted by Gasteiger charge is 2.33. The second-order valence-electron chi connectivity index (χ2n) is 9.56. The maximum Gasteiger partial charge on any atom is 0.227 e. The molecule has 2 fully saturated rings. The van der Waals surface area contributed by atoms with Gasteiger partial charge in [0.15, 0.2) is 11.6 Å². The molecule has 0 aliphatic carbocycles. The molecule has 0 aromatic carbocycles. The van der Waals surface area contributed by atoms with Gasteiger partial charge >= 0.3 is 0 Å². The molecule has 11 heteroatoms. The smallest absolute Gasteiger partial charge is 0.227 e. The minimum Gasteiger partial charge on any atom is -0.358 e. The van der Waals surface area contributed by atoms with Crippen molar-refractivity contribution in [3.05, 3.63) is 59.7 Å². The summed E-state index contributed by atoms with van der Waals surface area (Å²) in [4.78, 5) is 19.0. The Morgan fingerprint density at radius 2 is 2.08 bits per heavy atom. The van der Waals surface area contributed by atoms with Gasteiger partial charge in [-0.3, -0.25) is 15.0 Å². The lowest BCUT2D eigenvalue weighted by Crippen LogP contribution is -2.46. The number of aryl methyl sites for hydroxylation is 1. The Kier molecular flexibility index (Phi) is 6.54. The minimum absolute atomic E-state index is 0.0137. The highest BCUT2D eigenvalue weighted by atomic mass is 16.5. The van der Waals surface area contributed by atoms with Gasteiger partial charge in [0.05, 0.1) is 17.8 Å². The second kappa shape index (κ2) is 10.3. The molecule has 192 valence electrons. The second-order valence-corrected chi connectivity index (χ2v) is 9.56. The van der Waals surface area contributed by atoms with Crippen molar-refractivity contribution in [2.45, 2.75) is 38.8 Å². The first kappa shape index (κ1) is 23.6. The largest absolute Gasteiger partial charge is 0.358 e. The highest BCUT2D eigenvalue weighted by molar-refractivity contribution is 5.59. The lowest BCUT2D eigenvalue weighted by molar-refractivity contribution is 0.171. The van der Waals surface area contributed by atoms with Crippen LogP contribution in [-0.4, -0.2) is 67.9 Å². The molecule has 37 heavy (non-hydrogen) atoms. The van der Waals surface area contributed by atoms with Gasteiger partial charge in [0.25, 0.3) is 0 Å². The van der Waals surface area contributed by atoms with Gasteiger partial charge in [0, 0.05) is 62.0 Å². The van der Waals surface area contributed by atoms with Gasteiger partial charge in [0.1, 0.15) is 11.5 Å². The molecule has 6 rings (SSSR count). The van der Waals surface area contributed by atoms with E-state index in [2.05, 4.69) is 47.7 Å². The summed E-state index contributed by atoms with van der Waals surface area (Å²) in [6, 6.07) is 9.94. The fourth-order valence-electron chi connectivity index (χ4n) is 5.28. The quantitative estimate of drug-likeness (QED) is 0.347. The maximum absolute atomic E-state index is 5.80. The van der Waals surface area contributed by atoms with Gasteiger partial charge in [-0.05, 0) is 38.4 Å². The van der Waals surface area contributed by atoms with E-state index in [1.807, 2.05) is 43.5 Å². The molecular weight excluding hydrogens is 468 g/mol. The van der Waals surface area contributed by atoms with E-state index in [0.717, 1.165) is 85.6 Å². The van der Waals surface area contributed by atoms with Crippen LogP contribution in [0.15, 0.2) is 47.2 Å². The summed E-state index contributed by atoms with van der Waals surface area (Å²) in [6.45, 7) is 8.82. The molecule has 2 aliphatic heterocycles. The molecule has 4 aromatic heterocycles. The topological polar surface area (TPSA) is 124 Å². The number of aromatic nitrogens is 6. The number of rotatable bonds is 7. The number of pyridine rings is 1. The van der Waals surface area contributed by atoms with Crippen LogP contribution in [0.2, 0.25) is 0 Å². The number of nitrogens with zero attached hydrogens (tertiary/aromatic N) is 7. The molecule has 2 saturated heterocycles. The van der Waals surface area contributed by atoms with Crippen molar-refractivity contribution >= 4 is 17.6 Å². The first-order chi connectivity index (χ1) is 18.2. The maximum atomic E-state index is 5.80. The Morgan fingerprint density at radius 3 is 2.89 bits per heavy atom. The van der Waals surface area contributed by atoms with E-state index >= 15 is 0 Å². The Morgan fingerprint density at radius 1 is 1.14 bits per heavy atom. The van der Waals surface area contributed by atoms with E-state index in [-0.39, 0.29) is 12.1 Å². The molecule has 2 unspecified atom stereocenters. The van der Waals surface area contributed by atoms with Gasteiger partial charge < -0.3 is 20.1 Å². The summed E-state index contributed by atoms with van der Waals surface area (Å²) in [5.74, 6) is 2.99. The van der Waals surface area contributed by atoms with Crippen molar-refractivity contribution in [3.8, 4) is 11.4 Å². The van der Waals surface area contributed by atoms with E-state index in [1.54, 1.807) is 6.20 Å². The monoisotopic (exact) mass is 500 g/mol. The van der Waals surface area contributed by atoms with Crippen molar-refractivity contribution < 1.29 is 4.52 Å². The van der Waals surface area contributed by atoms with Crippen LogP contribution in [-0.2, 0) is 0 Å². The fourth-order valence-corrected chi connectivity index (χ4v) is 5.28. The molecule has 2 aliphatic rings. The molecule has 11 nitrogen and oxygen atoms in total. The molecule has 0 spiro atoms. The van der Waals surface area contributed by atoms with Crippen LogP contribution in [0.3, 0.4) is 0 Å². The zero-order valence-corrected chi connectivity index (χ0v) is 21.2. The van der Waals surface area contributed by atoms with Crippen molar-refractivity contribution in [2.24, 2.45) is 0 Å². The predicted octanol–water partition coefficient (Wildman–Crippen LogP) is 3.61. The van der Waals surface area contributed by atoms with Crippen LogP contribution in [0, 0.1) is 6.92 Å². The number of aromatic amines is 1. The average molecular weight is 501 g/mol.